The van der Waals surface area contributed by atoms with Crippen molar-refractivity contribution in [1.82, 2.24) is 9.97 Å². The van der Waals surface area contributed by atoms with Crippen molar-refractivity contribution >= 4 is 29.1 Å². The van der Waals surface area contributed by atoms with E-state index in [0.29, 0.717) is 11.3 Å². The Morgan fingerprint density at radius 3 is 2.67 bits per heavy atom. The Kier molecular flexibility index (Phi) is 3.49. The van der Waals surface area contributed by atoms with Crippen LogP contribution in [0.2, 0.25) is 5.28 Å². The molecule has 64 valence electrons. The molecule has 0 fully saturated rings. The molecule has 12 heavy (non-hydrogen) atoms. The Labute approximate surface area is 79.6 Å². The van der Waals surface area contributed by atoms with E-state index in [-0.39, 0.29) is 11.1 Å². The van der Waals surface area contributed by atoms with E-state index in [4.69, 9.17) is 11.6 Å². The first kappa shape index (κ1) is 9.48. The van der Waals surface area contributed by atoms with E-state index in [1.807, 2.05) is 6.26 Å². The monoisotopic (exact) mass is 202 g/mol. The van der Waals surface area contributed by atoms with Crippen LogP contribution in [0.5, 0.6) is 0 Å². The zero-order valence-electron chi connectivity index (χ0n) is 6.45. The number of rotatable bonds is 3. The smallest absolute Gasteiger partial charge is 0.222 e. The van der Waals surface area contributed by atoms with E-state index in [1.165, 1.54) is 24.2 Å². The molecule has 5 heteroatoms. The van der Waals surface area contributed by atoms with E-state index in [1.54, 1.807) is 0 Å². The molecule has 0 spiro atoms. The Balaban J connectivity index is 2.75. The third-order valence-electron chi connectivity index (χ3n) is 1.22. The second kappa shape index (κ2) is 4.42. The van der Waals surface area contributed by atoms with E-state index in [9.17, 15) is 4.79 Å². The van der Waals surface area contributed by atoms with Gasteiger partial charge in [0.1, 0.15) is 0 Å². The van der Waals surface area contributed by atoms with Crippen molar-refractivity contribution < 1.29 is 4.79 Å². The summed E-state index contributed by atoms with van der Waals surface area (Å²) in [6.07, 6.45) is 4.75. The van der Waals surface area contributed by atoms with Gasteiger partial charge in [-0.1, -0.05) is 0 Å². The summed E-state index contributed by atoms with van der Waals surface area (Å²) in [5, 5.41) is 0.163. The van der Waals surface area contributed by atoms with Gasteiger partial charge in [0.25, 0.3) is 0 Å². The maximum Gasteiger partial charge on any atom is 0.222 e. The maximum atomic E-state index is 11.2. The van der Waals surface area contributed by atoms with Crippen LogP contribution in [0.1, 0.15) is 10.4 Å². The molecule has 0 N–H and O–H groups in total. The number of nitrogens with zero attached hydrogens (tertiary/aromatic N) is 2. The fourth-order valence-corrected chi connectivity index (χ4v) is 1.20. The summed E-state index contributed by atoms with van der Waals surface area (Å²) in [4.78, 5) is 18.6. The van der Waals surface area contributed by atoms with Gasteiger partial charge in [0.2, 0.25) is 5.28 Å². The number of carbonyl (C=O) groups excluding carboxylic acids is 1. The highest BCUT2D eigenvalue weighted by atomic mass is 35.5. The predicted molar refractivity (Wildman–Crippen MR) is 49.8 cm³/mol. The van der Waals surface area contributed by atoms with Gasteiger partial charge >= 0.3 is 0 Å². The van der Waals surface area contributed by atoms with Crippen LogP contribution in [0.4, 0.5) is 0 Å². The number of thioether (sulfide) groups is 1. The summed E-state index contributed by atoms with van der Waals surface area (Å²) in [6, 6.07) is 0. The van der Waals surface area contributed by atoms with Crippen molar-refractivity contribution in [3.8, 4) is 0 Å². The molecule has 0 aliphatic carbocycles. The van der Waals surface area contributed by atoms with Gasteiger partial charge in [-0.15, -0.1) is 0 Å². The summed E-state index contributed by atoms with van der Waals surface area (Å²) in [5.74, 6) is 0.476. The molecular formula is C7H7ClN2OS. The quantitative estimate of drug-likeness (QED) is 0.553. The Morgan fingerprint density at radius 1 is 1.58 bits per heavy atom. The van der Waals surface area contributed by atoms with Gasteiger partial charge in [-0.25, -0.2) is 9.97 Å². The van der Waals surface area contributed by atoms with Crippen molar-refractivity contribution in [2.24, 2.45) is 0 Å². The highest BCUT2D eigenvalue weighted by Gasteiger charge is 2.04. The molecule has 0 aromatic carbocycles. The van der Waals surface area contributed by atoms with Crippen molar-refractivity contribution in [3.05, 3.63) is 23.2 Å². The van der Waals surface area contributed by atoms with Crippen LogP contribution in [-0.2, 0) is 0 Å². The molecular weight excluding hydrogens is 196 g/mol. The van der Waals surface area contributed by atoms with Crippen LogP contribution in [0.15, 0.2) is 12.4 Å². The molecule has 0 aliphatic rings. The van der Waals surface area contributed by atoms with Crippen LogP contribution in [0.3, 0.4) is 0 Å². The summed E-state index contributed by atoms with van der Waals surface area (Å²) in [7, 11) is 0. The molecule has 0 saturated heterocycles. The molecule has 0 saturated carbocycles. The topological polar surface area (TPSA) is 42.9 Å². The number of hydrogen-bond acceptors (Lipinski definition) is 4. The highest BCUT2D eigenvalue weighted by molar-refractivity contribution is 7.99. The predicted octanol–water partition coefficient (Wildman–Crippen LogP) is 1.68. The van der Waals surface area contributed by atoms with Gasteiger partial charge < -0.3 is 0 Å². The fraction of sp³-hybridized carbons (Fsp3) is 0.286. The molecule has 1 heterocycles. The third kappa shape index (κ3) is 2.46. The molecule has 0 bridgehead atoms. The maximum absolute atomic E-state index is 11.2. The molecule has 0 radical (unpaired) electrons. The Morgan fingerprint density at radius 2 is 2.17 bits per heavy atom. The van der Waals surface area contributed by atoms with E-state index >= 15 is 0 Å². The number of halogens is 1. The first-order chi connectivity index (χ1) is 5.74. The third-order valence-corrected chi connectivity index (χ3v) is 1.96. The van der Waals surface area contributed by atoms with E-state index in [2.05, 4.69) is 9.97 Å². The molecule has 1 aromatic rings. The average Bonchev–Trinajstić information content (AvgIpc) is 2.06. The van der Waals surface area contributed by atoms with Gasteiger partial charge in [-0.05, 0) is 17.9 Å². The highest BCUT2D eigenvalue weighted by Crippen LogP contribution is 2.04. The second-order valence-electron chi connectivity index (χ2n) is 2.10. The lowest BCUT2D eigenvalue weighted by molar-refractivity contribution is 0.102. The molecule has 0 aliphatic heterocycles. The number of Topliss-reactive ketones (excluding diaryl/α,β-unsaturated/α-hetero) is 1. The number of aromatic nitrogens is 2. The van der Waals surface area contributed by atoms with Crippen molar-refractivity contribution in [3.63, 3.8) is 0 Å². The lowest BCUT2D eigenvalue weighted by Gasteiger charge is -1.96. The van der Waals surface area contributed by atoms with Crippen molar-refractivity contribution in [2.45, 2.75) is 0 Å². The van der Waals surface area contributed by atoms with Crippen LogP contribution in [0, 0.1) is 0 Å². The van der Waals surface area contributed by atoms with Gasteiger partial charge in [0.05, 0.1) is 11.3 Å². The van der Waals surface area contributed by atoms with Crippen molar-refractivity contribution in [2.75, 3.05) is 12.0 Å². The standard InChI is InChI=1S/C7H7ClN2OS/c1-12-4-6(11)5-2-9-7(8)10-3-5/h2-3H,4H2,1H3. The van der Waals surface area contributed by atoms with E-state index in [0.717, 1.165) is 0 Å². The zero-order chi connectivity index (χ0) is 8.97. The first-order valence-electron chi connectivity index (χ1n) is 3.23. The Hall–Kier alpha value is -0.610. The molecule has 1 rings (SSSR count). The first-order valence-corrected chi connectivity index (χ1v) is 5.01. The Bertz CT molecular complexity index is 275. The largest absolute Gasteiger partial charge is 0.293 e. The van der Waals surface area contributed by atoms with Gasteiger partial charge in [-0.3, -0.25) is 4.79 Å². The van der Waals surface area contributed by atoms with Gasteiger partial charge in [0, 0.05) is 12.4 Å². The minimum atomic E-state index is 0.0270. The number of hydrogen-bond donors (Lipinski definition) is 0. The number of carbonyl (C=O) groups is 1. The molecule has 0 unspecified atom stereocenters. The van der Waals surface area contributed by atoms with Gasteiger partial charge in [-0.2, -0.15) is 11.8 Å². The van der Waals surface area contributed by atoms with Crippen LogP contribution in [0.25, 0.3) is 0 Å². The second-order valence-corrected chi connectivity index (χ2v) is 3.30. The molecule has 1 aromatic heterocycles. The molecule has 0 amide bonds. The summed E-state index contributed by atoms with van der Waals surface area (Å²) in [5.41, 5.74) is 0.508. The fourth-order valence-electron chi connectivity index (χ4n) is 0.671. The minimum absolute atomic E-state index is 0.0270. The van der Waals surface area contributed by atoms with Crippen LogP contribution in [-0.4, -0.2) is 27.8 Å². The summed E-state index contributed by atoms with van der Waals surface area (Å²) >= 11 is 6.93. The van der Waals surface area contributed by atoms with Crippen LogP contribution >= 0.6 is 23.4 Å². The molecule has 0 atom stereocenters. The lowest BCUT2D eigenvalue weighted by atomic mass is 10.2. The normalized spacial score (nSPS) is 9.83. The van der Waals surface area contributed by atoms with E-state index < -0.39 is 0 Å². The minimum Gasteiger partial charge on any atom is -0.293 e. The summed E-state index contributed by atoms with van der Waals surface area (Å²) < 4.78 is 0. The summed E-state index contributed by atoms with van der Waals surface area (Å²) in [6.45, 7) is 0. The average molecular weight is 203 g/mol. The number of ketones is 1. The zero-order valence-corrected chi connectivity index (χ0v) is 8.02. The lowest BCUT2D eigenvalue weighted by Crippen LogP contribution is -2.03. The van der Waals surface area contributed by atoms with Crippen molar-refractivity contribution in [1.29, 1.82) is 0 Å². The molecule has 3 nitrogen and oxygen atoms in total. The van der Waals surface area contributed by atoms with Gasteiger partial charge in [0.15, 0.2) is 5.78 Å². The SMILES string of the molecule is CSCC(=O)c1cnc(Cl)nc1. The van der Waals surface area contributed by atoms with Crippen LogP contribution < -0.4 is 0 Å².